The number of hydrogen-bond donors (Lipinski definition) is 1. The highest BCUT2D eigenvalue weighted by Crippen LogP contribution is 2.22. The van der Waals surface area contributed by atoms with E-state index < -0.39 is 0 Å². The molecule has 6 heteroatoms. The van der Waals surface area contributed by atoms with Crippen LogP contribution in [0.4, 0.5) is 5.69 Å². The summed E-state index contributed by atoms with van der Waals surface area (Å²) in [5.41, 5.74) is 8.24. The third-order valence-electron chi connectivity index (χ3n) is 4.80. The number of aryl methyl sites for hydroxylation is 1. The molecule has 0 bridgehead atoms. The quantitative estimate of drug-likeness (QED) is 0.799. The van der Waals surface area contributed by atoms with Crippen LogP contribution in [0.1, 0.15) is 42.6 Å². The van der Waals surface area contributed by atoms with E-state index in [1.807, 2.05) is 24.0 Å². The standard InChI is InChI=1S/C18H29N3O.2ClH/c1-4-20(5-2)13-15-8-10-21(11-9-15)18(22)17-12-16(19)7-6-14(17)3;;/h6-7,12,15H,4-5,8-11,13,19H2,1-3H3;2*1H. The van der Waals surface area contributed by atoms with Gasteiger partial charge in [0.2, 0.25) is 0 Å². The second kappa shape index (κ2) is 10.8. The Morgan fingerprint density at radius 3 is 2.33 bits per heavy atom. The maximum Gasteiger partial charge on any atom is 0.254 e. The summed E-state index contributed by atoms with van der Waals surface area (Å²) < 4.78 is 0. The highest BCUT2D eigenvalue weighted by Gasteiger charge is 2.25. The van der Waals surface area contributed by atoms with E-state index in [0.717, 1.165) is 56.7 Å². The number of likely N-dealkylation sites (tertiary alicyclic amines) is 1. The smallest absolute Gasteiger partial charge is 0.254 e. The molecule has 1 aliphatic rings. The summed E-state index contributed by atoms with van der Waals surface area (Å²) in [6, 6.07) is 5.58. The number of carbonyl (C=O) groups is 1. The number of benzene rings is 1. The fourth-order valence-electron chi connectivity index (χ4n) is 3.21. The van der Waals surface area contributed by atoms with Gasteiger partial charge in [0, 0.05) is 30.9 Å². The number of rotatable bonds is 5. The minimum atomic E-state index is 0. The molecule has 0 spiro atoms. The van der Waals surface area contributed by atoms with E-state index in [4.69, 9.17) is 5.73 Å². The molecule has 0 saturated carbocycles. The lowest BCUT2D eigenvalue weighted by Crippen LogP contribution is -2.41. The van der Waals surface area contributed by atoms with E-state index in [-0.39, 0.29) is 30.7 Å². The largest absolute Gasteiger partial charge is 0.399 e. The van der Waals surface area contributed by atoms with Crippen molar-refractivity contribution in [1.29, 1.82) is 0 Å². The zero-order chi connectivity index (χ0) is 16.1. The molecule has 0 radical (unpaired) electrons. The fraction of sp³-hybridized carbons (Fsp3) is 0.611. The number of hydrogen-bond acceptors (Lipinski definition) is 3. The topological polar surface area (TPSA) is 49.6 Å². The van der Waals surface area contributed by atoms with E-state index in [9.17, 15) is 4.79 Å². The molecule has 1 aromatic rings. The Balaban J connectivity index is 0.00000264. The zero-order valence-electron chi connectivity index (χ0n) is 15.0. The van der Waals surface area contributed by atoms with Crippen molar-refractivity contribution in [2.45, 2.75) is 33.6 Å². The molecule has 1 amide bonds. The fourth-order valence-corrected chi connectivity index (χ4v) is 3.21. The maximum absolute atomic E-state index is 12.7. The Kier molecular flexibility index (Phi) is 10.4. The van der Waals surface area contributed by atoms with Crippen molar-refractivity contribution in [2.24, 2.45) is 5.92 Å². The Morgan fingerprint density at radius 1 is 1.21 bits per heavy atom. The van der Waals surface area contributed by atoms with Gasteiger partial charge in [0.25, 0.3) is 5.91 Å². The van der Waals surface area contributed by atoms with E-state index in [0.29, 0.717) is 11.6 Å². The van der Waals surface area contributed by atoms with Crippen LogP contribution in [0.15, 0.2) is 18.2 Å². The maximum atomic E-state index is 12.7. The molecule has 1 saturated heterocycles. The van der Waals surface area contributed by atoms with E-state index in [2.05, 4.69) is 18.7 Å². The molecule has 1 heterocycles. The van der Waals surface area contributed by atoms with Crippen LogP contribution < -0.4 is 5.73 Å². The van der Waals surface area contributed by atoms with Crippen LogP contribution in [0.5, 0.6) is 0 Å². The molecular formula is C18H31Cl2N3O. The lowest BCUT2D eigenvalue weighted by atomic mass is 9.95. The van der Waals surface area contributed by atoms with Crippen LogP contribution >= 0.6 is 24.8 Å². The van der Waals surface area contributed by atoms with E-state index >= 15 is 0 Å². The summed E-state index contributed by atoms with van der Waals surface area (Å²) >= 11 is 0. The first kappa shape index (κ1) is 23.0. The van der Waals surface area contributed by atoms with Gasteiger partial charge in [-0.1, -0.05) is 19.9 Å². The SMILES string of the molecule is CCN(CC)CC1CCN(C(=O)c2cc(N)ccc2C)CC1.Cl.Cl. The number of nitrogens with two attached hydrogens (primary N) is 1. The average molecular weight is 376 g/mol. The summed E-state index contributed by atoms with van der Waals surface area (Å²) in [6.45, 7) is 11.5. The van der Waals surface area contributed by atoms with Crippen LogP contribution in [0.2, 0.25) is 0 Å². The van der Waals surface area contributed by atoms with Crippen molar-refractivity contribution in [3.63, 3.8) is 0 Å². The molecule has 0 atom stereocenters. The molecule has 0 aromatic heterocycles. The second-order valence-corrected chi connectivity index (χ2v) is 6.30. The third-order valence-corrected chi connectivity index (χ3v) is 4.80. The first-order chi connectivity index (χ1) is 10.5. The van der Waals surface area contributed by atoms with Gasteiger partial charge in [-0.15, -0.1) is 24.8 Å². The Labute approximate surface area is 158 Å². The van der Waals surface area contributed by atoms with Gasteiger partial charge < -0.3 is 15.5 Å². The first-order valence-electron chi connectivity index (χ1n) is 8.42. The summed E-state index contributed by atoms with van der Waals surface area (Å²) in [7, 11) is 0. The average Bonchev–Trinajstić information content (AvgIpc) is 2.54. The van der Waals surface area contributed by atoms with Crippen molar-refractivity contribution in [1.82, 2.24) is 9.80 Å². The number of piperidine rings is 1. The molecule has 1 fully saturated rings. The molecule has 0 aliphatic carbocycles. The van der Waals surface area contributed by atoms with Crippen molar-refractivity contribution < 1.29 is 4.79 Å². The Bertz CT molecular complexity index is 513. The number of amides is 1. The molecule has 138 valence electrons. The van der Waals surface area contributed by atoms with Crippen LogP contribution in [0, 0.1) is 12.8 Å². The van der Waals surface area contributed by atoms with Crippen LogP contribution in [0.25, 0.3) is 0 Å². The summed E-state index contributed by atoms with van der Waals surface area (Å²) in [5.74, 6) is 0.844. The second-order valence-electron chi connectivity index (χ2n) is 6.30. The van der Waals surface area contributed by atoms with Gasteiger partial charge in [-0.25, -0.2) is 0 Å². The molecule has 2 rings (SSSR count). The van der Waals surface area contributed by atoms with Gasteiger partial charge in [0.05, 0.1) is 0 Å². The number of anilines is 1. The van der Waals surface area contributed by atoms with Crippen molar-refractivity contribution in [2.75, 3.05) is 38.5 Å². The molecular weight excluding hydrogens is 345 g/mol. The highest BCUT2D eigenvalue weighted by molar-refractivity contribution is 5.96. The minimum absolute atomic E-state index is 0. The number of nitrogen functional groups attached to an aromatic ring is 1. The van der Waals surface area contributed by atoms with Crippen molar-refractivity contribution in [3.05, 3.63) is 29.3 Å². The molecule has 0 unspecified atom stereocenters. The van der Waals surface area contributed by atoms with Gasteiger partial charge in [-0.2, -0.15) is 0 Å². The summed E-state index contributed by atoms with van der Waals surface area (Å²) in [5, 5.41) is 0. The number of carbonyl (C=O) groups excluding carboxylic acids is 1. The van der Waals surface area contributed by atoms with Crippen LogP contribution in [-0.2, 0) is 0 Å². The third kappa shape index (κ3) is 5.83. The van der Waals surface area contributed by atoms with Gasteiger partial charge in [-0.05, 0) is 56.5 Å². The zero-order valence-corrected chi connectivity index (χ0v) is 16.6. The summed E-state index contributed by atoms with van der Waals surface area (Å²) in [4.78, 5) is 17.1. The van der Waals surface area contributed by atoms with E-state index in [1.165, 1.54) is 0 Å². The molecule has 2 N–H and O–H groups in total. The molecule has 1 aromatic carbocycles. The first-order valence-corrected chi connectivity index (χ1v) is 8.42. The number of halogens is 2. The van der Waals surface area contributed by atoms with Gasteiger partial charge in [0.15, 0.2) is 0 Å². The van der Waals surface area contributed by atoms with Crippen molar-refractivity contribution in [3.8, 4) is 0 Å². The van der Waals surface area contributed by atoms with Gasteiger partial charge in [0.1, 0.15) is 0 Å². The van der Waals surface area contributed by atoms with Crippen LogP contribution in [-0.4, -0.2) is 48.4 Å². The Hall–Kier alpha value is -0.970. The molecule has 24 heavy (non-hydrogen) atoms. The van der Waals surface area contributed by atoms with E-state index in [1.54, 1.807) is 6.07 Å². The van der Waals surface area contributed by atoms with Crippen LogP contribution in [0.3, 0.4) is 0 Å². The Morgan fingerprint density at radius 2 is 1.79 bits per heavy atom. The summed E-state index contributed by atoms with van der Waals surface area (Å²) in [6.07, 6.45) is 2.20. The predicted octanol–water partition coefficient (Wildman–Crippen LogP) is 3.61. The molecule has 4 nitrogen and oxygen atoms in total. The lowest BCUT2D eigenvalue weighted by molar-refractivity contribution is 0.0669. The monoisotopic (exact) mass is 375 g/mol. The minimum Gasteiger partial charge on any atom is -0.399 e. The normalized spacial score (nSPS) is 14.9. The molecule has 1 aliphatic heterocycles. The highest BCUT2D eigenvalue weighted by atomic mass is 35.5. The lowest BCUT2D eigenvalue weighted by Gasteiger charge is -2.34. The predicted molar refractivity (Wildman–Crippen MR) is 107 cm³/mol. The van der Waals surface area contributed by atoms with Crippen molar-refractivity contribution >= 4 is 36.4 Å². The number of nitrogens with zero attached hydrogens (tertiary/aromatic N) is 2. The van der Waals surface area contributed by atoms with Gasteiger partial charge in [-0.3, -0.25) is 4.79 Å². The van der Waals surface area contributed by atoms with Gasteiger partial charge >= 0.3 is 0 Å².